The molecule has 84 heavy (non-hydrogen) atoms. The summed E-state index contributed by atoms with van der Waals surface area (Å²) in [7, 11) is 0. The Morgan fingerprint density at radius 3 is 1.07 bits per heavy atom. The molecule has 0 unspecified atom stereocenters. The summed E-state index contributed by atoms with van der Waals surface area (Å²) in [5.41, 5.74) is 18.3. The highest BCUT2D eigenvalue weighted by Crippen LogP contribution is 2.44. The number of aromatic nitrogens is 6. The molecular weight excluding hydrogens is 1020 g/mol. The Morgan fingerprint density at radius 2 is 0.560 bits per heavy atom. The lowest BCUT2D eigenvalue weighted by Crippen LogP contribution is -2.08. The molecule has 0 fully saturated rings. The predicted octanol–water partition coefficient (Wildman–Crippen LogP) is 20.2. The Labute approximate surface area is 480 Å². The molecule has 0 aliphatic heterocycles. The number of pyridine rings is 1. The molecule has 0 spiro atoms. The molecule has 7 nitrogen and oxygen atoms in total. The lowest BCUT2D eigenvalue weighted by atomic mass is 9.94. The lowest BCUT2D eigenvalue weighted by molar-refractivity contribution is 0.654. The van der Waals surface area contributed by atoms with E-state index in [4.69, 9.17) is 9.40 Å². The quantitative estimate of drug-likeness (QED) is 0.161. The fraction of sp³-hybridized carbons (Fsp3) is 0. The fourth-order valence-corrected chi connectivity index (χ4v) is 13.8. The van der Waals surface area contributed by atoms with Gasteiger partial charge in [0, 0.05) is 55.1 Å². The Balaban J connectivity index is 1.11. The molecule has 0 N–H and O–H groups in total. The smallest absolute Gasteiger partial charge is 0.152 e. The Hall–Kier alpha value is -11.4. The van der Waals surface area contributed by atoms with E-state index in [0.717, 1.165) is 138 Å². The molecule has 0 saturated carbocycles. The van der Waals surface area contributed by atoms with Crippen LogP contribution in [0.3, 0.4) is 0 Å². The molecule has 7 heteroatoms. The van der Waals surface area contributed by atoms with E-state index in [1.807, 2.05) is 6.07 Å². The van der Waals surface area contributed by atoms with Crippen LogP contribution >= 0.6 is 0 Å². The van der Waals surface area contributed by atoms with Crippen molar-refractivity contribution in [3.05, 3.63) is 291 Å². The molecule has 0 aliphatic rings. The van der Waals surface area contributed by atoms with Gasteiger partial charge in [0.05, 0.1) is 72.6 Å². The summed E-state index contributed by atoms with van der Waals surface area (Å²) in [6.45, 7) is 0. The predicted molar refractivity (Wildman–Crippen MR) is 350 cm³/mol. The summed E-state index contributed by atoms with van der Waals surface area (Å²) in [6.07, 6.45) is 2.08. The lowest BCUT2D eigenvalue weighted by Gasteiger charge is -2.23. The van der Waals surface area contributed by atoms with Crippen molar-refractivity contribution in [3.8, 4) is 28.4 Å². The first-order valence-corrected chi connectivity index (χ1v) is 28.6. The van der Waals surface area contributed by atoms with Gasteiger partial charge in [0.15, 0.2) is 11.2 Å². The van der Waals surface area contributed by atoms with Crippen molar-refractivity contribution in [1.82, 2.24) is 27.8 Å². The summed E-state index contributed by atoms with van der Waals surface area (Å²) >= 11 is 0. The number of hydrogen-bond acceptors (Lipinski definition) is 2. The summed E-state index contributed by atoms with van der Waals surface area (Å²) in [4.78, 5) is 5.80. The zero-order valence-electron chi connectivity index (χ0n) is 45.3. The normalized spacial score (nSPS) is 12.0. The number of hydrogen-bond donors (Lipinski definition) is 0. The number of para-hydroxylation sites is 11. The van der Waals surface area contributed by atoms with Gasteiger partial charge in [-0.25, -0.2) is 0 Å². The van der Waals surface area contributed by atoms with Crippen LogP contribution in [0.25, 0.3) is 160 Å². The second-order valence-corrected chi connectivity index (χ2v) is 21.9. The van der Waals surface area contributed by atoms with Gasteiger partial charge in [-0.2, -0.15) is 0 Å². The molecule has 5 aromatic heterocycles. The maximum absolute atomic E-state index is 7.13. The first-order chi connectivity index (χ1) is 41.7. The van der Waals surface area contributed by atoms with Crippen LogP contribution in [-0.2, 0) is 0 Å². The minimum atomic E-state index is 0.743. The largest absolute Gasteiger partial charge is 0.453 e. The van der Waals surface area contributed by atoms with Crippen molar-refractivity contribution in [1.29, 1.82) is 0 Å². The summed E-state index contributed by atoms with van der Waals surface area (Å²) < 4.78 is 19.2. The second-order valence-electron chi connectivity index (χ2n) is 21.9. The molecule has 13 aromatic carbocycles. The molecule has 0 amide bonds. The third-order valence-electron chi connectivity index (χ3n) is 17.3. The van der Waals surface area contributed by atoms with Gasteiger partial charge < -0.3 is 27.3 Å². The summed E-state index contributed by atoms with van der Waals surface area (Å²) in [5, 5.41) is 12.1. The van der Waals surface area contributed by atoms with Crippen molar-refractivity contribution in [2.75, 3.05) is 0 Å². The van der Waals surface area contributed by atoms with E-state index < -0.39 is 0 Å². The van der Waals surface area contributed by atoms with E-state index in [2.05, 4.69) is 308 Å². The Kier molecular flexibility index (Phi) is 9.96. The second kappa shape index (κ2) is 18.0. The average Bonchev–Trinajstić information content (AvgIpc) is 1.06. The zero-order valence-corrected chi connectivity index (χ0v) is 45.3. The van der Waals surface area contributed by atoms with E-state index in [-0.39, 0.29) is 0 Å². The molecule has 18 aromatic rings. The van der Waals surface area contributed by atoms with E-state index in [9.17, 15) is 0 Å². The van der Waals surface area contributed by atoms with Gasteiger partial charge in [-0.15, -0.1) is 0 Å². The van der Waals surface area contributed by atoms with Crippen molar-refractivity contribution in [2.24, 2.45) is 0 Å². The van der Waals surface area contributed by atoms with Crippen LogP contribution in [0.2, 0.25) is 0 Å². The number of nitrogens with zero attached hydrogens (tertiary/aromatic N) is 6. The summed E-state index contributed by atoms with van der Waals surface area (Å²) in [6, 6.07) is 103. The van der Waals surface area contributed by atoms with E-state index in [1.54, 1.807) is 0 Å². The summed E-state index contributed by atoms with van der Waals surface area (Å²) in [5.74, 6) is 0. The van der Waals surface area contributed by atoms with Gasteiger partial charge in [-0.3, -0.25) is 4.98 Å². The molecule has 5 heterocycles. The highest BCUT2D eigenvalue weighted by molar-refractivity contribution is 6.28. The van der Waals surface area contributed by atoms with Crippen molar-refractivity contribution < 1.29 is 4.42 Å². The monoisotopic (exact) mass is 1070 g/mol. The molecule has 0 radical (unpaired) electrons. The van der Waals surface area contributed by atoms with E-state index in [0.29, 0.717) is 0 Å². The first-order valence-electron chi connectivity index (χ1n) is 28.6. The van der Waals surface area contributed by atoms with Crippen LogP contribution in [0.5, 0.6) is 0 Å². The van der Waals surface area contributed by atoms with E-state index in [1.165, 1.54) is 21.5 Å². The number of benzene rings is 12. The van der Waals surface area contributed by atoms with Crippen LogP contribution in [-0.4, -0.2) is 27.8 Å². The minimum Gasteiger partial charge on any atom is -0.453 e. The van der Waals surface area contributed by atoms with Gasteiger partial charge >= 0.3 is 0 Å². The topological polar surface area (TPSA) is 50.7 Å². The van der Waals surface area contributed by atoms with Crippen LogP contribution in [0.1, 0.15) is 0 Å². The Bertz CT molecular complexity index is 5630. The molecule has 18 rings (SSSR count). The van der Waals surface area contributed by atoms with Gasteiger partial charge in [0.25, 0.3) is 0 Å². The van der Waals surface area contributed by atoms with Gasteiger partial charge in [-0.05, 0) is 154 Å². The molecule has 0 atom stereocenters. The van der Waals surface area contributed by atoms with Crippen LogP contribution in [0.4, 0.5) is 0 Å². The maximum Gasteiger partial charge on any atom is 0.152 e. The highest BCUT2D eigenvalue weighted by atomic mass is 16.3. The molecule has 392 valence electrons. The molecule has 0 saturated heterocycles. The van der Waals surface area contributed by atoms with Gasteiger partial charge in [0.2, 0.25) is 0 Å². The minimum absolute atomic E-state index is 0.743. The van der Waals surface area contributed by atoms with Crippen LogP contribution in [0.15, 0.2) is 296 Å². The molecule has 0 bridgehead atoms. The van der Waals surface area contributed by atoms with Crippen LogP contribution in [0, 0.1) is 0 Å². The van der Waals surface area contributed by atoms with E-state index >= 15 is 0 Å². The average molecular weight is 1070 g/mol. The standard InChI is InChI=1S/C77H48N6O/c1-4-22-49(23-5-1)79-69-36-18-19-37-70(69)80(50-24-6-2-7-25-50)73-45-61-60(44-72(73)79)54-41-40-52(82-65-32-14-10-28-55(65)56-29-11-15-33-66(56)82)42-59(54)62-46-74-76(84-75-39-21-20-38-71(75)81(74)51-26-8-3-9-27-51)47-64(62)77-63(61)43-53(48-78-77)83-67-34-16-12-30-57(67)58-31-13-17-35-68(58)83/h1-48H. The van der Waals surface area contributed by atoms with Crippen molar-refractivity contribution in [3.63, 3.8) is 0 Å². The van der Waals surface area contributed by atoms with Gasteiger partial charge in [-0.1, -0.05) is 158 Å². The molecular formula is C77H48N6O. The first kappa shape index (κ1) is 46.4. The fourth-order valence-electron chi connectivity index (χ4n) is 13.8. The van der Waals surface area contributed by atoms with Crippen LogP contribution < -0.4 is 0 Å². The third kappa shape index (κ3) is 6.78. The Morgan fingerprint density at radius 1 is 0.202 bits per heavy atom. The van der Waals surface area contributed by atoms with Crippen molar-refractivity contribution >= 4 is 131 Å². The number of fused-ring (bicyclic) bond motifs is 18. The van der Waals surface area contributed by atoms with Gasteiger partial charge in [0.1, 0.15) is 0 Å². The molecule has 0 aliphatic carbocycles. The SMILES string of the molecule is c1ccc(-n2c3ccccc3oc3cc4c(cc32)c2cc(-n3c5ccccc5c5ccccc53)ccc2c2cc3c(cc2c2cc(-n5c6ccccc6c6ccccc65)cnc24)n(-c2ccccc2)c2ccccc2n3-c2ccccc2)cc1. The number of rotatable bonds is 5. The van der Waals surface area contributed by atoms with Crippen molar-refractivity contribution in [2.45, 2.75) is 0 Å². The maximum atomic E-state index is 7.13. The highest BCUT2D eigenvalue weighted by Gasteiger charge is 2.22. The zero-order chi connectivity index (χ0) is 55.0. The third-order valence-corrected chi connectivity index (χ3v) is 17.3.